The van der Waals surface area contributed by atoms with Gasteiger partial charge in [0.05, 0.1) is 39.6 Å². The zero-order valence-electron chi connectivity index (χ0n) is 11.3. The van der Waals surface area contributed by atoms with Crippen molar-refractivity contribution in [3.63, 3.8) is 0 Å². The van der Waals surface area contributed by atoms with E-state index in [-0.39, 0.29) is 6.61 Å². The summed E-state index contributed by atoms with van der Waals surface area (Å²) in [7, 11) is 0. The van der Waals surface area contributed by atoms with Crippen molar-refractivity contribution in [2.75, 3.05) is 46.2 Å². The Labute approximate surface area is 105 Å². The average Bonchev–Trinajstić information content (AvgIpc) is 2.32. The topological polar surface area (TPSA) is 47.9 Å². The van der Waals surface area contributed by atoms with Crippen molar-refractivity contribution in [2.24, 2.45) is 5.92 Å². The number of hydrogen-bond acceptors (Lipinski definition) is 4. The first kappa shape index (κ1) is 16.8. The SMILES string of the molecule is CCCC(C)CCOCCOCCOCCO. The molecule has 104 valence electrons. The van der Waals surface area contributed by atoms with Crippen LogP contribution in [-0.2, 0) is 14.2 Å². The van der Waals surface area contributed by atoms with Gasteiger partial charge in [-0.3, -0.25) is 0 Å². The fourth-order valence-corrected chi connectivity index (χ4v) is 1.53. The second-order valence-corrected chi connectivity index (χ2v) is 4.24. The maximum Gasteiger partial charge on any atom is 0.0701 e. The molecule has 0 radical (unpaired) electrons. The van der Waals surface area contributed by atoms with Gasteiger partial charge in [-0.1, -0.05) is 26.7 Å². The lowest BCUT2D eigenvalue weighted by atomic mass is 10.0. The van der Waals surface area contributed by atoms with Crippen molar-refractivity contribution in [3.05, 3.63) is 0 Å². The Hall–Kier alpha value is -0.160. The van der Waals surface area contributed by atoms with Gasteiger partial charge in [0.1, 0.15) is 0 Å². The lowest BCUT2D eigenvalue weighted by molar-refractivity contribution is 0.00603. The van der Waals surface area contributed by atoms with E-state index in [0.717, 1.165) is 18.9 Å². The van der Waals surface area contributed by atoms with Gasteiger partial charge in [-0.05, 0) is 12.3 Å². The molecule has 0 spiro atoms. The van der Waals surface area contributed by atoms with Crippen molar-refractivity contribution in [1.29, 1.82) is 0 Å². The van der Waals surface area contributed by atoms with E-state index in [9.17, 15) is 0 Å². The van der Waals surface area contributed by atoms with E-state index in [1.807, 2.05) is 0 Å². The minimum atomic E-state index is 0.0685. The second-order valence-electron chi connectivity index (χ2n) is 4.24. The van der Waals surface area contributed by atoms with Gasteiger partial charge >= 0.3 is 0 Å². The normalized spacial score (nSPS) is 12.9. The maximum absolute atomic E-state index is 8.46. The van der Waals surface area contributed by atoms with E-state index in [1.54, 1.807) is 0 Å². The first-order valence-electron chi connectivity index (χ1n) is 6.65. The highest BCUT2D eigenvalue weighted by Gasteiger charge is 1.99. The molecule has 0 heterocycles. The first-order valence-corrected chi connectivity index (χ1v) is 6.65. The molecule has 0 saturated carbocycles. The molecule has 1 N–H and O–H groups in total. The van der Waals surface area contributed by atoms with Gasteiger partial charge in [-0.15, -0.1) is 0 Å². The molecule has 0 aromatic carbocycles. The Balaban J connectivity index is 2.98. The third-order valence-electron chi connectivity index (χ3n) is 2.52. The number of rotatable bonds is 13. The van der Waals surface area contributed by atoms with Gasteiger partial charge in [0.15, 0.2) is 0 Å². The Bertz CT molecular complexity index is 141. The van der Waals surface area contributed by atoms with Crippen LogP contribution in [0.4, 0.5) is 0 Å². The summed E-state index contributed by atoms with van der Waals surface area (Å²) in [4.78, 5) is 0. The fourth-order valence-electron chi connectivity index (χ4n) is 1.53. The van der Waals surface area contributed by atoms with Crippen LogP contribution in [0.5, 0.6) is 0 Å². The molecule has 0 fully saturated rings. The lowest BCUT2D eigenvalue weighted by Gasteiger charge is -2.10. The van der Waals surface area contributed by atoms with E-state index < -0.39 is 0 Å². The summed E-state index contributed by atoms with van der Waals surface area (Å²) in [5.74, 6) is 0.757. The van der Waals surface area contributed by atoms with E-state index in [0.29, 0.717) is 33.0 Å². The summed E-state index contributed by atoms with van der Waals surface area (Å²) in [6.07, 6.45) is 3.66. The zero-order chi connectivity index (χ0) is 12.8. The summed E-state index contributed by atoms with van der Waals surface area (Å²) in [5.41, 5.74) is 0. The summed E-state index contributed by atoms with van der Waals surface area (Å²) in [5, 5.41) is 8.46. The largest absolute Gasteiger partial charge is 0.394 e. The minimum Gasteiger partial charge on any atom is -0.394 e. The molecule has 0 bridgehead atoms. The molecule has 1 atom stereocenters. The van der Waals surface area contributed by atoms with Crippen molar-refractivity contribution in [1.82, 2.24) is 0 Å². The van der Waals surface area contributed by atoms with Crippen LogP contribution in [0, 0.1) is 5.92 Å². The van der Waals surface area contributed by atoms with Crippen molar-refractivity contribution < 1.29 is 19.3 Å². The minimum absolute atomic E-state index is 0.0685. The average molecular weight is 248 g/mol. The van der Waals surface area contributed by atoms with Gasteiger partial charge in [-0.2, -0.15) is 0 Å². The second kappa shape index (κ2) is 13.9. The van der Waals surface area contributed by atoms with Crippen LogP contribution in [0.15, 0.2) is 0 Å². The molecule has 4 nitrogen and oxygen atoms in total. The fraction of sp³-hybridized carbons (Fsp3) is 1.00. The maximum atomic E-state index is 8.46. The Morgan fingerprint density at radius 2 is 1.35 bits per heavy atom. The Morgan fingerprint density at radius 1 is 0.824 bits per heavy atom. The lowest BCUT2D eigenvalue weighted by Crippen LogP contribution is -2.11. The van der Waals surface area contributed by atoms with E-state index in [4.69, 9.17) is 19.3 Å². The van der Waals surface area contributed by atoms with Crippen LogP contribution < -0.4 is 0 Å². The molecule has 4 heteroatoms. The molecule has 1 unspecified atom stereocenters. The molecule has 0 aliphatic heterocycles. The molecule has 0 aromatic rings. The van der Waals surface area contributed by atoms with Crippen LogP contribution in [0.2, 0.25) is 0 Å². The predicted octanol–water partition coefficient (Wildman–Crippen LogP) is 1.85. The van der Waals surface area contributed by atoms with Crippen molar-refractivity contribution in [3.8, 4) is 0 Å². The molecule has 0 aromatic heterocycles. The van der Waals surface area contributed by atoms with Gasteiger partial charge < -0.3 is 19.3 Å². The number of ether oxygens (including phenoxy) is 3. The quantitative estimate of drug-likeness (QED) is 0.505. The zero-order valence-corrected chi connectivity index (χ0v) is 11.3. The molecule has 0 aliphatic carbocycles. The smallest absolute Gasteiger partial charge is 0.0701 e. The van der Waals surface area contributed by atoms with Gasteiger partial charge in [-0.25, -0.2) is 0 Å². The standard InChI is InChI=1S/C13H28O4/c1-3-4-13(2)5-7-15-9-11-17-12-10-16-8-6-14/h13-14H,3-12H2,1-2H3. The first-order chi connectivity index (χ1) is 8.31. The van der Waals surface area contributed by atoms with Gasteiger partial charge in [0, 0.05) is 6.61 Å². The molecular weight excluding hydrogens is 220 g/mol. The summed E-state index contributed by atoms with van der Waals surface area (Å²) in [6, 6.07) is 0. The number of aliphatic hydroxyl groups excluding tert-OH is 1. The van der Waals surface area contributed by atoms with Crippen LogP contribution >= 0.6 is 0 Å². The van der Waals surface area contributed by atoms with E-state index >= 15 is 0 Å². The van der Waals surface area contributed by atoms with E-state index in [2.05, 4.69) is 13.8 Å². The molecule has 0 amide bonds. The van der Waals surface area contributed by atoms with Crippen LogP contribution in [0.3, 0.4) is 0 Å². The summed E-state index contributed by atoms with van der Waals surface area (Å²) in [6.45, 7) is 8.12. The third-order valence-corrected chi connectivity index (χ3v) is 2.52. The molecule has 0 saturated heterocycles. The molecule has 0 aliphatic rings. The van der Waals surface area contributed by atoms with Crippen LogP contribution in [0.1, 0.15) is 33.1 Å². The van der Waals surface area contributed by atoms with Crippen LogP contribution in [-0.4, -0.2) is 51.4 Å². The summed E-state index contributed by atoms with van der Waals surface area (Å²) < 4.78 is 15.8. The summed E-state index contributed by atoms with van der Waals surface area (Å²) >= 11 is 0. The van der Waals surface area contributed by atoms with Gasteiger partial charge in [0.2, 0.25) is 0 Å². The van der Waals surface area contributed by atoms with Crippen molar-refractivity contribution in [2.45, 2.75) is 33.1 Å². The Kier molecular flexibility index (Phi) is 13.8. The van der Waals surface area contributed by atoms with Gasteiger partial charge in [0.25, 0.3) is 0 Å². The van der Waals surface area contributed by atoms with E-state index in [1.165, 1.54) is 12.8 Å². The highest BCUT2D eigenvalue weighted by atomic mass is 16.5. The Morgan fingerprint density at radius 3 is 1.88 bits per heavy atom. The number of hydrogen-bond donors (Lipinski definition) is 1. The third kappa shape index (κ3) is 13.8. The number of aliphatic hydroxyl groups is 1. The van der Waals surface area contributed by atoms with Crippen LogP contribution in [0.25, 0.3) is 0 Å². The molecule has 17 heavy (non-hydrogen) atoms. The highest BCUT2D eigenvalue weighted by molar-refractivity contribution is 4.50. The van der Waals surface area contributed by atoms with Crippen molar-refractivity contribution >= 4 is 0 Å². The highest BCUT2D eigenvalue weighted by Crippen LogP contribution is 2.09. The predicted molar refractivity (Wildman–Crippen MR) is 68.2 cm³/mol. The monoisotopic (exact) mass is 248 g/mol. The molecular formula is C13H28O4. The molecule has 0 rings (SSSR count).